The SMILES string of the molecule is CO[C@H]1CCN(C)[C@@H]1COc1cc(Cl)nc(-c2onc3c2CCC[C@@]32CCCCC2=O)n1. The van der Waals surface area contributed by atoms with E-state index in [0.29, 0.717) is 30.5 Å². The third-order valence-corrected chi connectivity index (χ3v) is 7.60. The van der Waals surface area contributed by atoms with Crippen molar-refractivity contribution in [3.8, 4) is 17.5 Å². The number of Topliss-reactive ketones (excluding diaryl/α,β-unsaturated/α-hetero) is 1. The molecule has 1 saturated heterocycles. The molecule has 5 rings (SSSR count). The highest BCUT2D eigenvalue weighted by atomic mass is 35.5. The first-order valence-electron chi connectivity index (χ1n) is 11.4. The molecule has 0 amide bonds. The maximum Gasteiger partial charge on any atom is 0.218 e. The summed E-state index contributed by atoms with van der Waals surface area (Å²) in [5, 5.41) is 4.65. The molecule has 9 heteroatoms. The lowest BCUT2D eigenvalue weighted by Gasteiger charge is -2.37. The number of rotatable bonds is 5. The van der Waals surface area contributed by atoms with Gasteiger partial charge in [-0.1, -0.05) is 23.2 Å². The van der Waals surface area contributed by atoms with Crippen molar-refractivity contribution in [2.24, 2.45) is 0 Å². The number of halogens is 1. The molecule has 1 aliphatic heterocycles. The minimum absolute atomic E-state index is 0.127. The third kappa shape index (κ3) is 3.72. The third-order valence-electron chi connectivity index (χ3n) is 7.40. The number of hydrogen-bond acceptors (Lipinski definition) is 8. The summed E-state index contributed by atoms with van der Waals surface area (Å²) in [7, 11) is 3.79. The van der Waals surface area contributed by atoms with Crippen LogP contribution in [0.3, 0.4) is 0 Å². The van der Waals surface area contributed by atoms with Gasteiger partial charge in [0.25, 0.3) is 0 Å². The van der Waals surface area contributed by atoms with Crippen molar-refractivity contribution < 1.29 is 18.8 Å². The second kappa shape index (κ2) is 8.72. The second-order valence-electron chi connectivity index (χ2n) is 9.18. The van der Waals surface area contributed by atoms with Gasteiger partial charge in [-0.05, 0) is 45.6 Å². The lowest BCUT2D eigenvalue weighted by atomic mass is 9.64. The van der Waals surface area contributed by atoms with Gasteiger partial charge < -0.3 is 14.0 Å². The molecule has 0 unspecified atom stereocenters. The van der Waals surface area contributed by atoms with Crippen LogP contribution in [0.1, 0.15) is 56.2 Å². The Labute approximate surface area is 192 Å². The fraction of sp³-hybridized carbons (Fsp3) is 0.652. The summed E-state index contributed by atoms with van der Waals surface area (Å²) in [5.41, 5.74) is 1.22. The van der Waals surface area contributed by atoms with Gasteiger partial charge in [0, 0.05) is 31.7 Å². The van der Waals surface area contributed by atoms with E-state index in [2.05, 4.69) is 27.1 Å². The summed E-state index contributed by atoms with van der Waals surface area (Å²) in [6.45, 7) is 1.40. The van der Waals surface area contributed by atoms with Gasteiger partial charge in [-0.2, -0.15) is 4.98 Å². The molecule has 1 spiro atoms. The van der Waals surface area contributed by atoms with Gasteiger partial charge in [0.15, 0.2) is 0 Å². The van der Waals surface area contributed by atoms with Crippen LogP contribution in [0.25, 0.3) is 11.6 Å². The molecule has 3 heterocycles. The van der Waals surface area contributed by atoms with E-state index in [4.69, 9.17) is 25.6 Å². The van der Waals surface area contributed by atoms with E-state index in [1.807, 2.05) is 0 Å². The normalized spacial score (nSPS) is 28.3. The number of ether oxygens (including phenoxy) is 2. The van der Waals surface area contributed by atoms with Crippen molar-refractivity contribution in [1.29, 1.82) is 0 Å². The van der Waals surface area contributed by atoms with E-state index in [1.54, 1.807) is 13.2 Å². The molecule has 0 radical (unpaired) electrons. The van der Waals surface area contributed by atoms with Crippen LogP contribution in [0.5, 0.6) is 5.88 Å². The van der Waals surface area contributed by atoms with Gasteiger partial charge in [0.2, 0.25) is 17.5 Å². The van der Waals surface area contributed by atoms with E-state index in [1.165, 1.54) is 0 Å². The summed E-state index contributed by atoms with van der Waals surface area (Å²) < 4.78 is 17.3. The van der Waals surface area contributed by atoms with E-state index < -0.39 is 5.41 Å². The maximum atomic E-state index is 12.9. The smallest absolute Gasteiger partial charge is 0.218 e. The van der Waals surface area contributed by atoms with E-state index in [0.717, 1.165) is 62.7 Å². The van der Waals surface area contributed by atoms with Crippen LogP contribution in [-0.2, 0) is 21.4 Å². The van der Waals surface area contributed by atoms with Crippen molar-refractivity contribution in [3.63, 3.8) is 0 Å². The molecule has 2 aromatic rings. The Bertz CT molecular complexity index is 1010. The van der Waals surface area contributed by atoms with Gasteiger partial charge >= 0.3 is 0 Å². The van der Waals surface area contributed by atoms with E-state index >= 15 is 0 Å². The number of methoxy groups -OCH3 is 1. The highest BCUT2D eigenvalue weighted by molar-refractivity contribution is 6.29. The molecule has 2 aliphatic carbocycles. The second-order valence-corrected chi connectivity index (χ2v) is 9.57. The van der Waals surface area contributed by atoms with Crippen molar-refractivity contribution >= 4 is 17.4 Å². The summed E-state index contributed by atoms with van der Waals surface area (Å²) >= 11 is 6.31. The molecular weight excluding hydrogens is 432 g/mol. The highest BCUT2D eigenvalue weighted by Crippen LogP contribution is 2.47. The molecule has 3 aliphatic rings. The van der Waals surface area contributed by atoms with Gasteiger partial charge in [-0.15, -0.1) is 0 Å². The summed E-state index contributed by atoms with van der Waals surface area (Å²) in [5.74, 6) is 1.52. The van der Waals surface area contributed by atoms with E-state index in [9.17, 15) is 4.79 Å². The van der Waals surface area contributed by atoms with E-state index in [-0.39, 0.29) is 23.1 Å². The Morgan fingerprint density at radius 3 is 2.91 bits per heavy atom. The lowest BCUT2D eigenvalue weighted by Crippen LogP contribution is -2.41. The Hall–Kier alpha value is -2.03. The number of fused-ring (bicyclic) bond motifs is 2. The molecule has 32 heavy (non-hydrogen) atoms. The largest absolute Gasteiger partial charge is 0.476 e. The number of ketones is 1. The van der Waals surface area contributed by atoms with Crippen LogP contribution < -0.4 is 4.74 Å². The Balaban J connectivity index is 1.42. The van der Waals surface area contributed by atoms with Crippen LogP contribution in [-0.4, -0.2) is 65.3 Å². The van der Waals surface area contributed by atoms with Crippen LogP contribution in [0.4, 0.5) is 0 Å². The number of nitrogens with zero attached hydrogens (tertiary/aromatic N) is 4. The predicted molar refractivity (Wildman–Crippen MR) is 118 cm³/mol. The van der Waals surface area contributed by atoms with Crippen molar-refractivity contribution in [3.05, 3.63) is 22.5 Å². The van der Waals surface area contributed by atoms with Crippen LogP contribution in [0.15, 0.2) is 10.6 Å². The molecule has 3 atom stereocenters. The zero-order valence-electron chi connectivity index (χ0n) is 18.6. The first kappa shape index (κ1) is 21.8. The van der Waals surface area contributed by atoms with Gasteiger partial charge in [0.05, 0.1) is 17.6 Å². The standard InChI is InChI=1S/C23H29ClN4O4/c1-28-11-8-16(30-2)15(28)13-31-19-12-18(24)25-22(26-19)20-14-6-5-10-23(21(14)27-32-20)9-4-3-7-17(23)29/h12,15-16H,3-11,13H2,1-2H3/t15-,16+,23-/m1/s1. The summed E-state index contributed by atoms with van der Waals surface area (Å²) in [6.07, 6.45) is 7.10. The number of hydrogen-bond donors (Lipinski definition) is 0. The molecule has 1 saturated carbocycles. The lowest BCUT2D eigenvalue weighted by molar-refractivity contribution is -0.127. The van der Waals surface area contributed by atoms with Gasteiger partial charge in [-0.25, -0.2) is 4.98 Å². The quantitative estimate of drug-likeness (QED) is 0.625. The Kier molecular flexibility index (Phi) is 5.94. The summed E-state index contributed by atoms with van der Waals surface area (Å²) in [4.78, 5) is 24.1. The molecular formula is C23H29ClN4O4. The zero-order chi connectivity index (χ0) is 22.3. The first-order chi connectivity index (χ1) is 15.5. The molecule has 2 aromatic heterocycles. The number of carbonyl (C=O) groups is 1. The molecule has 0 aromatic carbocycles. The minimum atomic E-state index is -0.506. The van der Waals surface area contributed by atoms with Crippen LogP contribution in [0.2, 0.25) is 5.15 Å². The monoisotopic (exact) mass is 460 g/mol. The minimum Gasteiger partial charge on any atom is -0.476 e. The number of aromatic nitrogens is 3. The number of carbonyl (C=O) groups excluding carboxylic acids is 1. The molecule has 0 bridgehead atoms. The number of likely N-dealkylation sites (N-methyl/N-ethyl adjacent to an activating group) is 1. The first-order valence-corrected chi connectivity index (χ1v) is 11.8. The molecule has 172 valence electrons. The van der Waals surface area contributed by atoms with Crippen molar-refractivity contribution in [2.75, 3.05) is 27.3 Å². The van der Waals surface area contributed by atoms with Crippen molar-refractivity contribution in [2.45, 2.75) is 68.9 Å². The van der Waals surface area contributed by atoms with Crippen LogP contribution in [0, 0.1) is 0 Å². The van der Waals surface area contributed by atoms with Gasteiger partial charge in [0.1, 0.15) is 23.2 Å². The fourth-order valence-corrected chi connectivity index (χ4v) is 5.78. The Morgan fingerprint density at radius 2 is 2.09 bits per heavy atom. The maximum absolute atomic E-state index is 12.9. The average molecular weight is 461 g/mol. The van der Waals surface area contributed by atoms with Crippen molar-refractivity contribution in [1.82, 2.24) is 20.0 Å². The van der Waals surface area contributed by atoms with Crippen LogP contribution >= 0.6 is 11.6 Å². The fourth-order valence-electron chi connectivity index (χ4n) is 5.61. The zero-order valence-corrected chi connectivity index (χ0v) is 19.4. The molecule has 0 N–H and O–H groups in total. The highest BCUT2D eigenvalue weighted by Gasteiger charge is 2.48. The molecule has 8 nitrogen and oxygen atoms in total. The Morgan fingerprint density at radius 1 is 1.25 bits per heavy atom. The predicted octanol–water partition coefficient (Wildman–Crippen LogP) is 3.60. The summed E-state index contributed by atoms with van der Waals surface area (Å²) in [6, 6.07) is 1.75. The molecule has 2 fully saturated rings. The average Bonchev–Trinajstić information content (AvgIpc) is 3.38. The number of likely N-dealkylation sites (tertiary alicyclic amines) is 1. The van der Waals surface area contributed by atoms with Gasteiger partial charge in [-0.3, -0.25) is 9.69 Å². The topological polar surface area (TPSA) is 90.6 Å².